The molecule has 3 aromatic rings. The van der Waals surface area contributed by atoms with Crippen LogP contribution in [-0.4, -0.2) is 30.3 Å². The molecule has 1 aliphatic rings. The first-order valence-corrected chi connectivity index (χ1v) is 8.83. The van der Waals surface area contributed by atoms with Crippen molar-refractivity contribution in [3.8, 4) is 11.5 Å². The van der Waals surface area contributed by atoms with Gasteiger partial charge >= 0.3 is 0 Å². The molecule has 4 nitrogen and oxygen atoms in total. The van der Waals surface area contributed by atoms with E-state index < -0.39 is 0 Å². The summed E-state index contributed by atoms with van der Waals surface area (Å²) < 4.78 is 5.30. The van der Waals surface area contributed by atoms with Crippen LogP contribution in [0.1, 0.15) is 30.0 Å². The summed E-state index contributed by atoms with van der Waals surface area (Å²) in [7, 11) is 1.68. The summed E-state index contributed by atoms with van der Waals surface area (Å²) >= 11 is 0. The Hall–Kier alpha value is -2.59. The Morgan fingerprint density at radius 1 is 1.04 bits per heavy atom. The molecule has 25 heavy (non-hydrogen) atoms. The standard InChI is InChI=1S/C21H22N2O2/c1-25-17-9-6-16(7-10-17)20(23-13-2-3-14-23)18-11-8-15-5-4-12-22-19(15)21(18)24/h4-12,20,24H,2-3,13-14H2,1H3/p+1/t20-/m0/s1. The van der Waals surface area contributed by atoms with E-state index in [0.717, 1.165) is 29.8 Å². The fourth-order valence-electron chi connectivity index (χ4n) is 3.93. The summed E-state index contributed by atoms with van der Waals surface area (Å²) in [6.45, 7) is 2.24. The number of methoxy groups -OCH3 is 1. The van der Waals surface area contributed by atoms with E-state index in [1.54, 1.807) is 13.3 Å². The number of nitrogens with one attached hydrogen (secondary N) is 1. The van der Waals surface area contributed by atoms with Gasteiger partial charge in [-0.05, 0) is 36.4 Å². The number of hydrogen-bond acceptors (Lipinski definition) is 3. The molecule has 1 fully saturated rings. The number of aromatic hydroxyl groups is 1. The Labute approximate surface area is 147 Å². The number of fused-ring (bicyclic) bond motifs is 1. The van der Waals surface area contributed by atoms with Crippen molar-refractivity contribution in [1.29, 1.82) is 0 Å². The Bertz CT molecular complexity index is 871. The van der Waals surface area contributed by atoms with Crippen molar-refractivity contribution < 1.29 is 14.7 Å². The lowest BCUT2D eigenvalue weighted by Crippen LogP contribution is -3.10. The molecule has 1 aliphatic heterocycles. The van der Waals surface area contributed by atoms with Crippen molar-refractivity contribution in [3.05, 3.63) is 65.9 Å². The van der Waals surface area contributed by atoms with Crippen molar-refractivity contribution >= 4 is 10.9 Å². The van der Waals surface area contributed by atoms with Gasteiger partial charge < -0.3 is 14.7 Å². The molecule has 4 rings (SSSR count). The predicted octanol–water partition coefficient (Wildman–Crippen LogP) is 2.72. The van der Waals surface area contributed by atoms with Crippen LogP contribution < -0.4 is 9.64 Å². The lowest BCUT2D eigenvalue weighted by Gasteiger charge is -2.26. The molecular weight excluding hydrogens is 312 g/mol. The number of benzene rings is 2. The van der Waals surface area contributed by atoms with Crippen LogP contribution in [0, 0.1) is 0 Å². The lowest BCUT2D eigenvalue weighted by atomic mass is 9.95. The summed E-state index contributed by atoms with van der Waals surface area (Å²) in [5.74, 6) is 1.15. The quantitative estimate of drug-likeness (QED) is 0.771. The first-order chi connectivity index (χ1) is 12.3. The van der Waals surface area contributed by atoms with Gasteiger partial charge in [0.05, 0.1) is 25.8 Å². The highest BCUT2D eigenvalue weighted by Crippen LogP contribution is 2.33. The van der Waals surface area contributed by atoms with Gasteiger partial charge in [0.2, 0.25) is 0 Å². The first kappa shape index (κ1) is 15.9. The third kappa shape index (κ3) is 2.94. The zero-order chi connectivity index (χ0) is 17.2. The molecule has 0 unspecified atom stereocenters. The van der Waals surface area contributed by atoms with E-state index in [9.17, 15) is 5.11 Å². The molecule has 2 N–H and O–H groups in total. The molecule has 0 bridgehead atoms. The normalized spacial score (nSPS) is 16.2. The summed E-state index contributed by atoms with van der Waals surface area (Å²) in [6, 6.07) is 16.3. The number of phenolic OH excluding ortho intramolecular Hbond substituents is 1. The van der Waals surface area contributed by atoms with Crippen LogP contribution in [0.5, 0.6) is 11.5 Å². The fourth-order valence-corrected chi connectivity index (χ4v) is 3.93. The third-order valence-corrected chi connectivity index (χ3v) is 5.19. The average Bonchev–Trinajstić information content (AvgIpc) is 3.19. The summed E-state index contributed by atoms with van der Waals surface area (Å²) in [4.78, 5) is 5.89. The van der Waals surface area contributed by atoms with Gasteiger partial charge in [-0.3, -0.25) is 4.98 Å². The third-order valence-electron chi connectivity index (χ3n) is 5.19. The lowest BCUT2D eigenvalue weighted by molar-refractivity contribution is -0.913. The Balaban J connectivity index is 1.84. The number of likely N-dealkylation sites (tertiary alicyclic amines) is 1. The highest BCUT2D eigenvalue weighted by Gasteiger charge is 2.31. The average molecular weight is 335 g/mol. The van der Waals surface area contributed by atoms with Gasteiger partial charge in [-0.2, -0.15) is 0 Å². The van der Waals surface area contributed by atoms with Crippen LogP contribution in [0.2, 0.25) is 0 Å². The van der Waals surface area contributed by atoms with Crippen LogP contribution in [0.4, 0.5) is 0 Å². The monoisotopic (exact) mass is 335 g/mol. The van der Waals surface area contributed by atoms with Crippen LogP contribution in [0.25, 0.3) is 10.9 Å². The SMILES string of the molecule is COc1ccc([C@@H](c2ccc3cccnc3c2O)[NH+]2CCCC2)cc1. The maximum absolute atomic E-state index is 10.9. The largest absolute Gasteiger partial charge is 0.505 e. The molecular formula is C21H23N2O2+. The molecule has 1 saturated heterocycles. The van der Waals surface area contributed by atoms with Crippen LogP contribution in [0.15, 0.2) is 54.7 Å². The predicted molar refractivity (Wildman–Crippen MR) is 98.2 cm³/mol. The minimum atomic E-state index is 0.111. The van der Waals surface area contributed by atoms with E-state index in [1.807, 2.05) is 24.3 Å². The molecule has 0 aliphatic carbocycles. The van der Waals surface area contributed by atoms with Crippen LogP contribution in [0.3, 0.4) is 0 Å². The fraction of sp³-hybridized carbons (Fsp3) is 0.286. The van der Waals surface area contributed by atoms with Gasteiger partial charge in [-0.15, -0.1) is 0 Å². The van der Waals surface area contributed by atoms with Gasteiger partial charge in [0.15, 0.2) is 5.75 Å². The topological polar surface area (TPSA) is 46.8 Å². The van der Waals surface area contributed by atoms with Gasteiger partial charge in [0.1, 0.15) is 17.3 Å². The number of aromatic nitrogens is 1. The second-order valence-electron chi connectivity index (χ2n) is 6.65. The molecule has 128 valence electrons. The number of phenols is 1. The van der Waals surface area contributed by atoms with Crippen LogP contribution >= 0.6 is 0 Å². The number of quaternary nitrogens is 1. The molecule has 0 saturated carbocycles. The van der Waals surface area contributed by atoms with Crippen molar-refractivity contribution in [3.63, 3.8) is 0 Å². The number of hydrogen-bond donors (Lipinski definition) is 2. The Kier molecular flexibility index (Phi) is 4.28. The molecule has 0 radical (unpaired) electrons. The Morgan fingerprint density at radius 3 is 2.52 bits per heavy atom. The van der Waals surface area contributed by atoms with Gasteiger partial charge in [0.25, 0.3) is 0 Å². The van der Waals surface area contributed by atoms with Crippen LogP contribution in [-0.2, 0) is 0 Å². The van der Waals surface area contributed by atoms with Crippen molar-refractivity contribution in [2.75, 3.05) is 20.2 Å². The molecule has 1 atom stereocenters. The number of rotatable bonds is 4. The van der Waals surface area contributed by atoms with E-state index in [2.05, 4.69) is 29.2 Å². The molecule has 2 heterocycles. The molecule has 1 aromatic heterocycles. The Morgan fingerprint density at radius 2 is 1.80 bits per heavy atom. The molecule has 0 amide bonds. The maximum atomic E-state index is 10.9. The van der Waals surface area contributed by atoms with Gasteiger partial charge in [-0.1, -0.05) is 12.1 Å². The van der Waals surface area contributed by atoms with E-state index in [0.29, 0.717) is 11.3 Å². The highest BCUT2D eigenvalue weighted by molar-refractivity contribution is 5.85. The first-order valence-electron chi connectivity index (χ1n) is 8.83. The highest BCUT2D eigenvalue weighted by atomic mass is 16.5. The number of nitrogens with zero attached hydrogens (tertiary/aromatic N) is 1. The zero-order valence-corrected chi connectivity index (χ0v) is 14.4. The molecule has 4 heteroatoms. The zero-order valence-electron chi connectivity index (χ0n) is 14.4. The number of ether oxygens (including phenoxy) is 1. The summed E-state index contributed by atoms with van der Waals surface area (Å²) in [6.07, 6.45) is 4.19. The van der Waals surface area contributed by atoms with Gasteiger partial charge in [0, 0.05) is 30.0 Å². The molecule has 0 spiro atoms. The maximum Gasteiger partial charge on any atom is 0.151 e. The van der Waals surface area contributed by atoms with Crippen molar-refractivity contribution in [2.24, 2.45) is 0 Å². The minimum Gasteiger partial charge on any atom is -0.505 e. The summed E-state index contributed by atoms with van der Waals surface area (Å²) in [5.41, 5.74) is 2.83. The summed E-state index contributed by atoms with van der Waals surface area (Å²) in [5, 5.41) is 11.9. The smallest absolute Gasteiger partial charge is 0.151 e. The van der Waals surface area contributed by atoms with Crippen molar-refractivity contribution in [2.45, 2.75) is 18.9 Å². The molecule has 2 aromatic carbocycles. The van der Waals surface area contributed by atoms with E-state index in [4.69, 9.17) is 4.74 Å². The second kappa shape index (κ2) is 6.73. The van der Waals surface area contributed by atoms with E-state index in [-0.39, 0.29) is 6.04 Å². The second-order valence-corrected chi connectivity index (χ2v) is 6.65. The number of pyridine rings is 1. The van der Waals surface area contributed by atoms with Crippen molar-refractivity contribution in [1.82, 2.24) is 4.98 Å². The van der Waals surface area contributed by atoms with E-state index >= 15 is 0 Å². The van der Waals surface area contributed by atoms with Gasteiger partial charge in [-0.25, -0.2) is 0 Å². The minimum absolute atomic E-state index is 0.111. The van der Waals surface area contributed by atoms with E-state index in [1.165, 1.54) is 23.3 Å².